The van der Waals surface area contributed by atoms with Crippen molar-refractivity contribution in [3.05, 3.63) is 29.3 Å². The van der Waals surface area contributed by atoms with Crippen molar-refractivity contribution in [1.29, 1.82) is 0 Å². The van der Waals surface area contributed by atoms with Gasteiger partial charge in [-0.1, -0.05) is 17.7 Å². The third kappa shape index (κ3) is 1.54. The third-order valence-corrected chi connectivity index (χ3v) is 2.58. The lowest BCUT2D eigenvalue weighted by Gasteiger charge is -1.95. The molecule has 0 saturated heterocycles. The molecule has 0 radical (unpaired) electrons. The van der Waals surface area contributed by atoms with Crippen LogP contribution in [0, 0.1) is 13.8 Å². The molecule has 0 heterocycles. The molecule has 0 aromatic heterocycles. The fourth-order valence-corrected chi connectivity index (χ4v) is 1.70. The molecule has 54 valence electrons. The zero-order valence-corrected chi connectivity index (χ0v) is 7.57. The maximum atomic E-state index is 2.23. The van der Waals surface area contributed by atoms with Crippen LogP contribution in [0.5, 0.6) is 0 Å². The van der Waals surface area contributed by atoms with Gasteiger partial charge < -0.3 is 0 Å². The molecule has 0 nitrogen and oxygen atoms in total. The summed E-state index contributed by atoms with van der Waals surface area (Å²) in [5.41, 5.74) is 2.76. The first-order valence-electron chi connectivity index (χ1n) is 3.41. The summed E-state index contributed by atoms with van der Waals surface area (Å²) in [4.78, 5) is 1.44. The highest BCUT2D eigenvalue weighted by Gasteiger charge is 2.00. The fraction of sp³-hybridized carbons (Fsp3) is 0.333. The van der Waals surface area contributed by atoms with Crippen molar-refractivity contribution in [3.63, 3.8) is 0 Å². The number of benzene rings is 1. The van der Waals surface area contributed by atoms with E-state index in [9.17, 15) is 0 Å². The first-order chi connectivity index (χ1) is 4.74. The van der Waals surface area contributed by atoms with Crippen molar-refractivity contribution in [2.24, 2.45) is 0 Å². The van der Waals surface area contributed by atoms with Gasteiger partial charge in [0.1, 0.15) is 6.26 Å². The molecule has 0 aliphatic carbocycles. The zero-order chi connectivity index (χ0) is 7.56. The highest BCUT2D eigenvalue weighted by molar-refractivity contribution is 7.77. The Labute approximate surface area is 66.6 Å². The Balaban J connectivity index is 3.07. The lowest BCUT2D eigenvalue weighted by atomic mass is 10.2. The molecule has 0 fully saturated rings. The normalized spacial score (nSPS) is 9.90. The van der Waals surface area contributed by atoms with E-state index in [0.29, 0.717) is 0 Å². The predicted octanol–water partition coefficient (Wildman–Crippen LogP) is 2.11. The van der Waals surface area contributed by atoms with Crippen LogP contribution in [0.4, 0.5) is 0 Å². The number of aryl methyl sites for hydroxylation is 2. The van der Waals surface area contributed by atoms with Crippen molar-refractivity contribution < 1.29 is 0 Å². The van der Waals surface area contributed by atoms with Gasteiger partial charge in [-0.05, 0) is 19.9 Å². The van der Waals surface area contributed by atoms with Crippen LogP contribution in [-0.2, 0) is 11.8 Å². The van der Waals surface area contributed by atoms with Crippen LogP contribution in [0.25, 0.3) is 0 Å². The van der Waals surface area contributed by atoms with E-state index >= 15 is 0 Å². The van der Waals surface area contributed by atoms with Crippen LogP contribution in [0.15, 0.2) is 23.1 Å². The van der Waals surface area contributed by atoms with Gasteiger partial charge in [0.15, 0.2) is 4.90 Å². The minimum absolute atomic E-state index is 1.35. The zero-order valence-electron chi connectivity index (χ0n) is 6.68. The second-order valence-electron chi connectivity index (χ2n) is 2.51. The molecule has 1 rings (SSSR count). The molecular formula is C9H13S+. The number of thiol groups is 1. The van der Waals surface area contributed by atoms with E-state index < -0.39 is 0 Å². The summed E-state index contributed by atoms with van der Waals surface area (Å²) < 4.78 is 0. The van der Waals surface area contributed by atoms with Crippen LogP contribution < -0.4 is 0 Å². The van der Waals surface area contributed by atoms with E-state index in [0.717, 1.165) is 0 Å². The van der Waals surface area contributed by atoms with E-state index in [1.807, 2.05) is 0 Å². The van der Waals surface area contributed by atoms with Gasteiger partial charge in [0.25, 0.3) is 0 Å². The molecule has 0 N–H and O–H groups in total. The molecule has 0 spiro atoms. The minimum atomic E-state index is 1.35. The van der Waals surface area contributed by atoms with E-state index in [1.54, 1.807) is 0 Å². The summed E-state index contributed by atoms with van der Waals surface area (Å²) in [6, 6.07) is 6.59. The molecule has 0 bridgehead atoms. The quantitative estimate of drug-likeness (QED) is 0.428. The summed E-state index contributed by atoms with van der Waals surface area (Å²) >= 11 is 1.36. The lowest BCUT2D eigenvalue weighted by molar-refractivity contribution is 1.26. The van der Waals surface area contributed by atoms with Crippen LogP contribution in [-0.4, -0.2) is 6.26 Å². The van der Waals surface area contributed by atoms with Gasteiger partial charge >= 0.3 is 0 Å². The van der Waals surface area contributed by atoms with Crippen LogP contribution >= 0.6 is 0 Å². The van der Waals surface area contributed by atoms with E-state index in [-0.39, 0.29) is 0 Å². The van der Waals surface area contributed by atoms with Crippen molar-refractivity contribution in [1.82, 2.24) is 0 Å². The van der Waals surface area contributed by atoms with Crippen molar-refractivity contribution in [2.75, 3.05) is 6.26 Å². The standard InChI is InChI=1S/C9H12S/c1-7-4-5-9(10-3)8(2)6-7/h4-6H,1-3H3/p+1. The van der Waals surface area contributed by atoms with Crippen molar-refractivity contribution in [2.45, 2.75) is 18.7 Å². The topological polar surface area (TPSA) is 0 Å². The summed E-state index contributed by atoms with van der Waals surface area (Å²) in [7, 11) is 0. The summed E-state index contributed by atoms with van der Waals surface area (Å²) in [5, 5.41) is 0. The van der Waals surface area contributed by atoms with Crippen molar-refractivity contribution >= 4 is 11.8 Å². The van der Waals surface area contributed by atoms with Gasteiger partial charge in [0.2, 0.25) is 0 Å². The monoisotopic (exact) mass is 153 g/mol. The van der Waals surface area contributed by atoms with Gasteiger partial charge in [-0.2, -0.15) is 0 Å². The Morgan fingerprint density at radius 3 is 2.40 bits per heavy atom. The number of hydrogen-bond donors (Lipinski definition) is 0. The fourth-order valence-electron chi connectivity index (χ4n) is 1.06. The molecular weight excluding hydrogens is 140 g/mol. The van der Waals surface area contributed by atoms with Crippen molar-refractivity contribution in [3.8, 4) is 0 Å². The summed E-state index contributed by atoms with van der Waals surface area (Å²) in [5.74, 6) is 0. The maximum Gasteiger partial charge on any atom is 0.155 e. The van der Waals surface area contributed by atoms with Crippen LogP contribution in [0.3, 0.4) is 0 Å². The number of rotatable bonds is 1. The summed E-state index contributed by atoms with van der Waals surface area (Å²) in [6.45, 7) is 4.29. The summed E-state index contributed by atoms with van der Waals surface area (Å²) in [6.07, 6.45) is 2.16. The molecule has 0 saturated carbocycles. The largest absolute Gasteiger partial charge is 0.155 e. The highest BCUT2D eigenvalue weighted by Crippen LogP contribution is 2.11. The first-order valence-corrected chi connectivity index (χ1v) is 4.75. The van der Waals surface area contributed by atoms with Gasteiger partial charge in [-0.15, -0.1) is 0 Å². The Morgan fingerprint density at radius 1 is 1.20 bits per heavy atom. The molecule has 0 unspecified atom stereocenters. The highest BCUT2D eigenvalue weighted by atomic mass is 32.2. The average molecular weight is 153 g/mol. The third-order valence-electron chi connectivity index (χ3n) is 1.59. The van der Waals surface area contributed by atoms with E-state index in [2.05, 4.69) is 38.3 Å². The Morgan fingerprint density at radius 2 is 1.90 bits per heavy atom. The van der Waals surface area contributed by atoms with Gasteiger partial charge in [-0.3, -0.25) is 0 Å². The molecule has 1 aromatic rings. The van der Waals surface area contributed by atoms with E-state index in [1.165, 1.54) is 27.8 Å². The predicted molar refractivity (Wildman–Crippen MR) is 48.9 cm³/mol. The average Bonchev–Trinajstić information content (AvgIpc) is 1.88. The Bertz CT molecular complexity index is 228. The Hall–Kier alpha value is -0.430. The Kier molecular flexibility index (Phi) is 2.39. The van der Waals surface area contributed by atoms with Gasteiger partial charge in [-0.25, -0.2) is 0 Å². The minimum Gasteiger partial charge on any atom is -0.0543 e. The molecule has 0 atom stereocenters. The van der Waals surface area contributed by atoms with Gasteiger partial charge in [0, 0.05) is 17.3 Å². The molecule has 10 heavy (non-hydrogen) atoms. The van der Waals surface area contributed by atoms with E-state index in [4.69, 9.17) is 0 Å². The SMILES string of the molecule is C[SH+]c1ccc(C)cc1C. The second-order valence-corrected chi connectivity index (χ2v) is 3.44. The molecule has 1 heteroatoms. The molecule has 0 aliphatic rings. The molecule has 0 amide bonds. The molecule has 0 aliphatic heterocycles. The van der Waals surface area contributed by atoms with Crippen LogP contribution in [0.1, 0.15) is 11.1 Å². The lowest BCUT2D eigenvalue weighted by Crippen LogP contribution is -1.85. The number of hydrogen-bond acceptors (Lipinski definition) is 0. The second kappa shape index (κ2) is 3.11. The molecule has 1 aromatic carbocycles. The smallest absolute Gasteiger partial charge is 0.0543 e. The first kappa shape index (κ1) is 7.67. The maximum absolute atomic E-state index is 2.23. The van der Waals surface area contributed by atoms with Gasteiger partial charge in [0.05, 0.1) is 0 Å². The van der Waals surface area contributed by atoms with Crippen LogP contribution in [0.2, 0.25) is 0 Å².